The fraction of sp³-hybridized carbons (Fsp3) is 0.394. The number of likely N-dealkylation sites (N-methyl/N-ethyl adjacent to an activating group) is 1. The molecule has 0 aliphatic rings. The van der Waals surface area contributed by atoms with Crippen molar-refractivity contribution in [3.63, 3.8) is 0 Å². The van der Waals surface area contributed by atoms with Crippen molar-refractivity contribution in [3.8, 4) is 17.2 Å². The third-order valence-electron chi connectivity index (χ3n) is 7.08. The molecule has 0 spiro atoms. The van der Waals surface area contributed by atoms with Gasteiger partial charge in [-0.15, -0.1) is 0 Å². The third-order valence-corrected chi connectivity index (χ3v) is 7.46. The SMILES string of the molecule is CCNCCOc1cccc(Cn2c(CN(CCC(C)C)C(=O)c3ccc(OC)c(OC)c3Cl)nc3ccccc32)c1. The highest BCUT2D eigenvalue weighted by atomic mass is 35.5. The molecule has 1 amide bonds. The van der Waals surface area contributed by atoms with Crippen molar-refractivity contribution in [3.05, 3.63) is 82.6 Å². The van der Waals surface area contributed by atoms with Crippen molar-refractivity contribution < 1.29 is 19.0 Å². The van der Waals surface area contributed by atoms with Gasteiger partial charge in [0.2, 0.25) is 0 Å². The minimum atomic E-state index is -0.184. The van der Waals surface area contributed by atoms with Crippen molar-refractivity contribution in [1.29, 1.82) is 0 Å². The Hall–Kier alpha value is -3.75. The lowest BCUT2D eigenvalue weighted by atomic mass is 10.1. The van der Waals surface area contributed by atoms with Crippen LogP contribution in [0.15, 0.2) is 60.7 Å². The molecule has 0 atom stereocenters. The Morgan fingerprint density at radius 3 is 2.62 bits per heavy atom. The predicted octanol–water partition coefficient (Wildman–Crippen LogP) is 6.43. The van der Waals surface area contributed by atoms with Gasteiger partial charge in [0.05, 0.1) is 42.4 Å². The van der Waals surface area contributed by atoms with Crippen molar-refractivity contribution in [1.82, 2.24) is 19.8 Å². The summed E-state index contributed by atoms with van der Waals surface area (Å²) in [6.07, 6.45) is 0.836. The lowest BCUT2D eigenvalue weighted by molar-refractivity contribution is 0.0729. The maximum atomic E-state index is 14.0. The normalized spacial score (nSPS) is 11.2. The summed E-state index contributed by atoms with van der Waals surface area (Å²) in [7, 11) is 3.06. The predicted molar refractivity (Wildman–Crippen MR) is 168 cm³/mol. The summed E-state index contributed by atoms with van der Waals surface area (Å²) in [5, 5.41) is 3.51. The van der Waals surface area contributed by atoms with Gasteiger partial charge in [0.25, 0.3) is 5.91 Å². The number of aromatic nitrogens is 2. The Labute approximate surface area is 253 Å². The van der Waals surface area contributed by atoms with E-state index in [0.29, 0.717) is 49.2 Å². The molecule has 224 valence electrons. The Bertz CT molecular complexity index is 1490. The summed E-state index contributed by atoms with van der Waals surface area (Å²) < 4.78 is 19.0. The number of nitrogens with zero attached hydrogens (tertiary/aromatic N) is 3. The monoisotopic (exact) mass is 592 g/mol. The van der Waals surface area contributed by atoms with Gasteiger partial charge in [-0.05, 0) is 60.8 Å². The molecule has 1 aromatic heterocycles. The number of nitrogens with one attached hydrogen (secondary N) is 1. The minimum Gasteiger partial charge on any atom is -0.493 e. The van der Waals surface area contributed by atoms with Gasteiger partial charge < -0.3 is 29.0 Å². The zero-order chi connectivity index (χ0) is 30.1. The zero-order valence-corrected chi connectivity index (χ0v) is 25.9. The second-order valence-corrected chi connectivity index (χ2v) is 10.9. The fourth-order valence-electron chi connectivity index (χ4n) is 4.82. The standard InChI is InChI=1S/C33H41ClN4O4/c1-6-35-17-19-42-25-11-9-10-24(20-25)21-38-28-13-8-7-12-27(28)36-30(38)22-37(18-16-23(2)3)33(39)26-14-15-29(40-4)32(41-5)31(26)34/h7-15,20,23,35H,6,16-19,21-22H2,1-5H3. The van der Waals surface area contributed by atoms with E-state index in [-0.39, 0.29) is 10.9 Å². The topological polar surface area (TPSA) is 77.9 Å². The Kier molecular flexibility index (Phi) is 11.1. The number of carbonyl (C=O) groups excluding carboxylic acids is 1. The molecule has 9 heteroatoms. The van der Waals surface area contributed by atoms with E-state index in [2.05, 4.69) is 48.9 Å². The van der Waals surface area contributed by atoms with Crippen LogP contribution in [0.25, 0.3) is 11.0 Å². The van der Waals surface area contributed by atoms with Gasteiger partial charge in [-0.2, -0.15) is 0 Å². The zero-order valence-electron chi connectivity index (χ0n) is 25.2. The first-order chi connectivity index (χ1) is 20.4. The molecule has 0 aliphatic heterocycles. The minimum absolute atomic E-state index is 0.184. The number of ether oxygens (including phenoxy) is 3. The summed E-state index contributed by atoms with van der Waals surface area (Å²) in [5.41, 5.74) is 3.34. The average Bonchev–Trinajstić information content (AvgIpc) is 3.33. The summed E-state index contributed by atoms with van der Waals surface area (Å²) in [6, 6.07) is 19.6. The van der Waals surface area contributed by atoms with Gasteiger partial charge in [0.15, 0.2) is 11.5 Å². The maximum Gasteiger partial charge on any atom is 0.255 e. The van der Waals surface area contributed by atoms with E-state index in [1.807, 2.05) is 35.2 Å². The summed E-state index contributed by atoms with van der Waals surface area (Å²) in [6.45, 7) is 10.1. The fourth-order valence-corrected chi connectivity index (χ4v) is 5.13. The Balaban J connectivity index is 1.67. The van der Waals surface area contributed by atoms with Gasteiger partial charge in [0.1, 0.15) is 18.2 Å². The van der Waals surface area contributed by atoms with Gasteiger partial charge in [-0.3, -0.25) is 4.79 Å². The van der Waals surface area contributed by atoms with Crippen molar-refractivity contribution in [2.45, 2.75) is 40.3 Å². The van der Waals surface area contributed by atoms with Crippen LogP contribution in [-0.4, -0.2) is 60.8 Å². The third kappa shape index (κ3) is 7.55. The first-order valence-electron chi connectivity index (χ1n) is 14.4. The van der Waals surface area contributed by atoms with E-state index in [9.17, 15) is 4.79 Å². The quantitative estimate of drug-likeness (QED) is 0.160. The van der Waals surface area contributed by atoms with Gasteiger partial charge in [0, 0.05) is 19.6 Å². The number of halogens is 1. The molecular formula is C33H41ClN4O4. The van der Waals surface area contributed by atoms with Crippen molar-refractivity contribution >= 4 is 28.5 Å². The molecular weight excluding hydrogens is 552 g/mol. The van der Waals surface area contributed by atoms with Crippen LogP contribution in [0.3, 0.4) is 0 Å². The van der Waals surface area contributed by atoms with E-state index in [0.717, 1.165) is 47.7 Å². The molecule has 4 rings (SSSR count). The number of para-hydroxylation sites is 2. The second-order valence-electron chi connectivity index (χ2n) is 10.5. The average molecular weight is 593 g/mol. The van der Waals surface area contributed by atoms with Crippen LogP contribution in [0.1, 0.15) is 48.9 Å². The highest BCUT2D eigenvalue weighted by Crippen LogP contribution is 2.38. The number of fused-ring (bicyclic) bond motifs is 1. The van der Waals surface area contributed by atoms with Crippen molar-refractivity contribution in [2.75, 3.05) is 40.5 Å². The van der Waals surface area contributed by atoms with Crippen LogP contribution in [-0.2, 0) is 13.1 Å². The molecule has 8 nitrogen and oxygen atoms in total. The summed E-state index contributed by atoms with van der Waals surface area (Å²) in [5.74, 6) is 2.67. The molecule has 0 fully saturated rings. The largest absolute Gasteiger partial charge is 0.493 e. The van der Waals surface area contributed by atoms with E-state index < -0.39 is 0 Å². The van der Waals surface area contributed by atoms with E-state index in [1.165, 1.54) is 7.11 Å². The number of rotatable bonds is 15. The number of hydrogen-bond donors (Lipinski definition) is 1. The van der Waals surface area contributed by atoms with Crippen LogP contribution in [0.4, 0.5) is 0 Å². The molecule has 0 aliphatic carbocycles. The second kappa shape index (κ2) is 14.9. The van der Waals surface area contributed by atoms with Crippen molar-refractivity contribution in [2.24, 2.45) is 5.92 Å². The van der Waals surface area contributed by atoms with E-state index in [1.54, 1.807) is 19.2 Å². The lowest BCUT2D eigenvalue weighted by Gasteiger charge is -2.25. The lowest BCUT2D eigenvalue weighted by Crippen LogP contribution is -2.33. The molecule has 0 saturated carbocycles. The molecule has 3 aromatic carbocycles. The number of benzene rings is 3. The Morgan fingerprint density at radius 1 is 1.07 bits per heavy atom. The molecule has 1 N–H and O–H groups in total. The van der Waals surface area contributed by atoms with Crippen LogP contribution >= 0.6 is 11.6 Å². The Morgan fingerprint density at radius 2 is 1.88 bits per heavy atom. The van der Waals surface area contributed by atoms with Crippen LogP contribution in [0, 0.1) is 5.92 Å². The number of carbonyl (C=O) groups is 1. The number of methoxy groups -OCH3 is 2. The van der Waals surface area contributed by atoms with Crippen LogP contribution in [0.2, 0.25) is 5.02 Å². The van der Waals surface area contributed by atoms with Crippen LogP contribution in [0.5, 0.6) is 17.2 Å². The van der Waals surface area contributed by atoms with Gasteiger partial charge >= 0.3 is 0 Å². The van der Waals surface area contributed by atoms with Gasteiger partial charge in [-0.25, -0.2) is 4.98 Å². The molecule has 42 heavy (non-hydrogen) atoms. The smallest absolute Gasteiger partial charge is 0.255 e. The number of imidazole rings is 1. The molecule has 0 bridgehead atoms. The van der Waals surface area contributed by atoms with E-state index in [4.69, 9.17) is 30.8 Å². The molecule has 0 radical (unpaired) electrons. The molecule has 4 aromatic rings. The highest BCUT2D eigenvalue weighted by Gasteiger charge is 2.25. The maximum absolute atomic E-state index is 14.0. The molecule has 0 unspecified atom stereocenters. The highest BCUT2D eigenvalue weighted by molar-refractivity contribution is 6.35. The van der Waals surface area contributed by atoms with Crippen LogP contribution < -0.4 is 19.5 Å². The number of amides is 1. The first kappa shape index (κ1) is 31.2. The summed E-state index contributed by atoms with van der Waals surface area (Å²) in [4.78, 5) is 20.8. The number of hydrogen-bond acceptors (Lipinski definition) is 6. The first-order valence-corrected chi connectivity index (χ1v) is 14.8. The molecule has 1 heterocycles. The van der Waals surface area contributed by atoms with E-state index >= 15 is 0 Å². The summed E-state index contributed by atoms with van der Waals surface area (Å²) >= 11 is 6.68. The molecule has 0 saturated heterocycles. The van der Waals surface area contributed by atoms with Gasteiger partial charge in [-0.1, -0.05) is 56.6 Å².